The molecular formula is C55H50BNO. The monoisotopic (exact) mass is 751 g/mol. The van der Waals surface area contributed by atoms with Crippen LogP contribution in [0.25, 0.3) is 33.1 Å². The second-order valence-corrected chi connectivity index (χ2v) is 20.1. The second kappa shape index (κ2) is 11.7. The number of hydrogen-bond donors (Lipinski definition) is 0. The first-order chi connectivity index (χ1) is 27.7. The molecule has 7 aromatic carbocycles. The number of fused-ring (bicyclic) bond motifs is 15. The molecule has 1 spiro atoms. The molecule has 0 bridgehead atoms. The molecule has 2 aliphatic heterocycles. The van der Waals surface area contributed by atoms with Gasteiger partial charge in [-0.25, -0.2) is 0 Å². The standard InChI is InChI=1S/C55H50BNO/c1-52(2,3)33-22-25-36(26-23-33)57-47-32-35(54(7,8)9)30-44-49(47)56(45-29-27-40-39-18-12-15-21-48(39)58-51(40)50(45)57)46-31-34(53(4,5)6)24-28-43(46)55(44)41-19-13-10-16-37(41)38-17-11-14-20-42(38)55/h10-32H,1-9H3. The number of furan rings is 1. The average molecular weight is 752 g/mol. The molecule has 3 heterocycles. The van der Waals surface area contributed by atoms with Gasteiger partial charge in [0.05, 0.1) is 11.1 Å². The molecule has 11 rings (SSSR count). The van der Waals surface area contributed by atoms with Crippen LogP contribution in [0.1, 0.15) is 101 Å². The fourth-order valence-corrected chi connectivity index (χ4v) is 10.7. The number of anilines is 3. The summed E-state index contributed by atoms with van der Waals surface area (Å²) < 4.78 is 7.04. The number of para-hydroxylation sites is 1. The van der Waals surface area contributed by atoms with Gasteiger partial charge < -0.3 is 9.32 Å². The van der Waals surface area contributed by atoms with Gasteiger partial charge in [0.1, 0.15) is 5.58 Å². The topological polar surface area (TPSA) is 16.4 Å². The van der Waals surface area contributed by atoms with Crippen molar-refractivity contribution in [3.63, 3.8) is 0 Å². The van der Waals surface area contributed by atoms with Crippen molar-refractivity contribution in [2.24, 2.45) is 0 Å². The van der Waals surface area contributed by atoms with Crippen LogP contribution in [0.15, 0.2) is 144 Å². The number of benzene rings is 7. The average Bonchev–Trinajstić information content (AvgIpc) is 3.72. The Balaban J connectivity index is 1.35. The Hall–Kier alpha value is -5.80. The van der Waals surface area contributed by atoms with Gasteiger partial charge in [-0.05, 0) is 102 Å². The lowest BCUT2D eigenvalue weighted by molar-refractivity contribution is 0.586. The molecule has 58 heavy (non-hydrogen) atoms. The summed E-state index contributed by atoms with van der Waals surface area (Å²) in [6.07, 6.45) is 0. The molecule has 3 aliphatic rings. The van der Waals surface area contributed by atoms with E-state index in [2.05, 4.69) is 207 Å². The SMILES string of the molecule is CC(C)(C)c1ccc(N2c3cc(C(C)(C)C)cc4c3B(c3cc(C(C)(C)C)ccc3C43c4ccccc4-c4ccccc43)c3ccc4c(oc5ccccc54)c32)cc1. The Labute approximate surface area is 343 Å². The third-order valence-electron chi connectivity index (χ3n) is 13.6. The van der Waals surface area contributed by atoms with Crippen molar-refractivity contribution in [2.75, 3.05) is 4.90 Å². The molecule has 0 fully saturated rings. The summed E-state index contributed by atoms with van der Waals surface area (Å²) in [5.41, 5.74) is 21.0. The van der Waals surface area contributed by atoms with Crippen molar-refractivity contribution < 1.29 is 4.42 Å². The summed E-state index contributed by atoms with van der Waals surface area (Å²) in [7, 11) is 0. The maximum atomic E-state index is 7.04. The lowest BCUT2D eigenvalue weighted by Gasteiger charge is -2.48. The highest BCUT2D eigenvalue weighted by atomic mass is 16.3. The largest absolute Gasteiger partial charge is 0.454 e. The van der Waals surface area contributed by atoms with Gasteiger partial charge >= 0.3 is 0 Å². The molecule has 1 aromatic heterocycles. The smallest absolute Gasteiger partial charge is 0.247 e. The minimum Gasteiger partial charge on any atom is -0.454 e. The summed E-state index contributed by atoms with van der Waals surface area (Å²) in [6, 6.07) is 53.6. The number of rotatable bonds is 1. The van der Waals surface area contributed by atoms with Crippen LogP contribution in [0.3, 0.4) is 0 Å². The fourth-order valence-electron chi connectivity index (χ4n) is 10.7. The van der Waals surface area contributed by atoms with Crippen molar-refractivity contribution in [3.8, 4) is 11.1 Å². The predicted molar refractivity (Wildman–Crippen MR) is 246 cm³/mol. The van der Waals surface area contributed by atoms with Gasteiger partial charge in [0, 0.05) is 22.1 Å². The Morgan fingerprint density at radius 1 is 0.483 bits per heavy atom. The minimum atomic E-state index is -0.510. The summed E-state index contributed by atoms with van der Waals surface area (Å²) in [4.78, 5) is 2.57. The van der Waals surface area contributed by atoms with Crippen LogP contribution >= 0.6 is 0 Å². The zero-order chi connectivity index (χ0) is 40.1. The second-order valence-electron chi connectivity index (χ2n) is 20.1. The van der Waals surface area contributed by atoms with Crippen LogP contribution in [0.4, 0.5) is 17.1 Å². The summed E-state index contributed by atoms with van der Waals surface area (Å²) >= 11 is 0. The van der Waals surface area contributed by atoms with Crippen LogP contribution in [0, 0.1) is 0 Å². The molecule has 2 nitrogen and oxygen atoms in total. The van der Waals surface area contributed by atoms with E-state index in [0.29, 0.717) is 0 Å². The molecule has 8 aromatic rings. The van der Waals surface area contributed by atoms with E-state index in [9.17, 15) is 0 Å². The van der Waals surface area contributed by atoms with E-state index in [0.717, 1.165) is 33.3 Å². The lowest BCUT2D eigenvalue weighted by Crippen LogP contribution is -2.65. The Bertz CT molecular complexity index is 2970. The molecule has 0 unspecified atom stereocenters. The maximum absolute atomic E-state index is 7.04. The molecule has 1 aliphatic carbocycles. The van der Waals surface area contributed by atoms with Crippen LogP contribution in [-0.4, -0.2) is 6.71 Å². The molecule has 0 atom stereocenters. The van der Waals surface area contributed by atoms with Crippen LogP contribution in [0.5, 0.6) is 0 Å². The third-order valence-corrected chi connectivity index (χ3v) is 13.6. The van der Waals surface area contributed by atoms with E-state index in [4.69, 9.17) is 4.42 Å². The van der Waals surface area contributed by atoms with Crippen LogP contribution < -0.4 is 21.3 Å². The van der Waals surface area contributed by atoms with E-state index >= 15 is 0 Å². The van der Waals surface area contributed by atoms with Gasteiger partial charge in [-0.1, -0.05) is 183 Å². The Morgan fingerprint density at radius 3 is 1.74 bits per heavy atom. The zero-order valence-electron chi connectivity index (χ0n) is 35.2. The summed E-state index contributed by atoms with van der Waals surface area (Å²) in [5.74, 6) is 0. The molecule has 0 saturated heterocycles. The summed E-state index contributed by atoms with van der Waals surface area (Å²) in [6.45, 7) is 21.0. The maximum Gasteiger partial charge on any atom is 0.247 e. The lowest BCUT2D eigenvalue weighted by atomic mass is 9.29. The van der Waals surface area contributed by atoms with E-state index in [1.54, 1.807) is 0 Å². The van der Waals surface area contributed by atoms with E-state index in [1.807, 2.05) is 0 Å². The van der Waals surface area contributed by atoms with Crippen molar-refractivity contribution in [1.82, 2.24) is 0 Å². The van der Waals surface area contributed by atoms with Gasteiger partial charge in [0.15, 0.2) is 5.58 Å². The highest BCUT2D eigenvalue weighted by Gasteiger charge is 2.55. The third kappa shape index (κ3) is 4.68. The Kier molecular flexibility index (Phi) is 7.11. The van der Waals surface area contributed by atoms with Gasteiger partial charge in [-0.2, -0.15) is 0 Å². The zero-order valence-corrected chi connectivity index (χ0v) is 35.2. The van der Waals surface area contributed by atoms with Gasteiger partial charge in [-0.3, -0.25) is 0 Å². The van der Waals surface area contributed by atoms with Crippen LogP contribution in [-0.2, 0) is 21.7 Å². The van der Waals surface area contributed by atoms with Gasteiger partial charge in [0.2, 0.25) is 6.71 Å². The molecule has 0 radical (unpaired) electrons. The number of nitrogens with zero attached hydrogens (tertiary/aromatic N) is 1. The van der Waals surface area contributed by atoms with Crippen molar-refractivity contribution >= 4 is 62.1 Å². The predicted octanol–water partition coefficient (Wildman–Crippen LogP) is 12.5. The summed E-state index contributed by atoms with van der Waals surface area (Å²) in [5, 5.41) is 2.30. The van der Waals surface area contributed by atoms with Gasteiger partial charge in [0.25, 0.3) is 0 Å². The fraction of sp³-hybridized carbons (Fsp3) is 0.236. The first-order valence-corrected chi connectivity index (χ1v) is 21.1. The molecular weight excluding hydrogens is 701 g/mol. The normalized spacial score (nSPS) is 15.1. The van der Waals surface area contributed by atoms with E-state index in [1.165, 1.54) is 72.1 Å². The Morgan fingerprint density at radius 2 is 1.09 bits per heavy atom. The van der Waals surface area contributed by atoms with Crippen molar-refractivity contribution in [2.45, 2.75) is 84.0 Å². The first-order valence-electron chi connectivity index (χ1n) is 21.1. The van der Waals surface area contributed by atoms with Crippen molar-refractivity contribution in [1.29, 1.82) is 0 Å². The van der Waals surface area contributed by atoms with Crippen LogP contribution in [0.2, 0.25) is 0 Å². The number of hydrogen-bond acceptors (Lipinski definition) is 2. The first kappa shape index (κ1) is 35.4. The van der Waals surface area contributed by atoms with Gasteiger partial charge in [-0.15, -0.1) is 0 Å². The molecule has 0 N–H and O–H groups in total. The van der Waals surface area contributed by atoms with E-state index < -0.39 is 5.41 Å². The highest BCUT2D eigenvalue weighted by Crippen LogP contribution is 2.58. The molecule has 0 saturated carbocycles. The van der Waals surface area contributed by atoms with Crippen molar-refractivity contribution in [3.05, 3.63) is 178 Å². The molecule has 284 valence electrons. The highest BCUT2D eigenvalue weighted by molar-refractivity contribution is 6.99. The van der Waals surface area contributed by atoms with E-state index in [-0.39, 0.29) is 23.0 Å². The quantitative estimate of drug-likeness (QED) is 0.155. The minimum absolute atomic E-state index is 0.0143. The molecule has 3 heteroatoms. The molecule has 0 amide bonds.